The molecule has 2 amide bonds. The summed E-state index contributed by atoms with van der Waals surface area (Å²) in [6.45, 7) is 9.45. The van der Waals surface area contributed by atoms with E-state index in [-0.39, 0.29) is 42.3 Å². The first-order chi connectivity index (χ1) is 12.2. The lowest BCUT2D eigenvalue weighted by atomic mass is 9.92. The molecule has 0 radical (unpaired) electrons. The smallest absolute Gasteiger partial charge is 0.243 e. The average Bonchev–Trinajstić information content (AvgIpc) is 2.61. The van der Waals surface area contributed by atoms with Crippen molar-refractivity contribution in [3.05, 3.63) is 0 Å². The lowest BCUT2D eigenvalue weighted by molar-refractivity contribution is -0.128. The van der Waals surface area contributed by atoms with Crippen molar-refractivity contribution in [3.63, 3.8) is 0 Å². The molecule has 0 aliphatic carbocycles. The van der Waals surface area contributed by atoms with Crippen LogP contribution in [0, 0.1) is 11.3 Å². The minimum absolute atomic E-state index is 0. The van der Waals surface area contributed by atoms with Gasteiger partial charge in [-0.05, 0) is 26.2 Å². The van der Waals surface area contributed by atoms with Crippen molar-refractivity contribution in [1.29, 1.82) is 0 Å². The molecule has 0 aliphatic rings. The monoisotopic (exact) mass is 497 g/mol. The van der Waals surface area contributed by atoms with Crippen LogP contribution in [0.25, 0.3) is 0 Å². The molecule has 0 rings (SSSR count). The van der Waals surface area contributed by atoms with Gasteiger partial charge in [0.05, 0.1) is 5.41 Å². The molecule has 160 valence electrons. The van der Waals surface area contributed by atoms with E-state index in [1.54, 1.807) is 21.1 Å². The highest BCUT2D eigenvalue weighted by Crippen LogP contribution is 2.13. The van der Waals surface area contributed by atoms with Crippen molar-refractivity contribution in [2.24, 2.45) is 16.3 Å². The van der Waals surface area contributed by atoms with Crippen LogP contribution in [0.2, 0.25) is 0 Å². The lowest BCUT2D eigenvalue weighted by Crippen LogP contribution is -2.48. The van der Waals surface area contributed by atoms with E-state index in [4.69, 9.17) is 0 Å². The van der Waals surface area contributed by atoms with Gasteiger partial charge in [-0.15, -0.1) is 24.0 Å². The fourth-order valence-corrected chi connectivity index (χ4v) is 2.37. The van der Waals surface area contributed by atoms with Gasteiger partial charge in [-0.3, -0.25) is 9.59 Å². The van der Waals surface area contributed by atoms with Crippen LogP contribution in [0.3, 0.4) is 0 Å². The minimum Gasteiger partial charge on any atom is -0.359 e. The zero-order chi connectivity index (χ0) is 20.2. The summed E-state index contributed by atoms with van der Waals surface area (Å²) in [6, 6.07) is 0. The normalized spacial score (nSPS) is 12.6. The van der Waals surface area contributed by atoms with Gasteiger partial charge in [0.2, 0.25) is 11.8 Å². The number of aliphatic imine (C=N–C) groups is 1. The van der Waals surface area contributed by atoms with E-state index in [9.17, 15) is 9.59 Å². The van der Waals surface area contributed by atoms with Crippen LogP contribution >= 0.6 is 24.0 Å². The first-order valence-electron chi connectivity index (χ1n) is 9.62. The quantitative estimate of drug-likeness (QED) is 0.232. The topological polar surface area (TPSA) is 85.8 Å². The maximum atomic E-state index is 12.0. The standard InChI is InChI=1S/C19H39N5O2.HI/c1-8-10-11-15(9-2)12-21-18(22-13-16(25)24(6)7)23-14-19(3,4)17(26)20-5;/h15H,8-14H2,1-7H3,(H,20,26)(H2,21,22,23);1H. The Labute approximate surface area is 182 Å². The predicted molar refractivity (Wildman–Crippen MR) is 124 cm³/mol. The van der Waals surface area contributed by atoms with Crippen molar-refractivity contribution in [1.82, 2.24) is 20.9 Å². The van der Waals surface area contributed by atoms with Crippen LogP contribution in [-0.2, 0) is 9.59 Å². The molecule has 0 aliphatic heterocycles. The summed E-state index contributed by atoms with van der Waals surface area (Å²) in [5.41, 5.74) is -0.574. The maximum absolute atomic E-state index is 12.0. The zero-order valence-corrected chi connectivity index (χ0v) is 20.5. The largest absolute Gasteiger partial charge is 0.359 e. The number of nitrogens with one attached hydrogen (secondary N) is 3. The molecule has 0 heterocycles. The molecule has 0 aromatic carbocycles. The summed E-state index contributed by atoms with van der Waals surface area (Å²) >= 11 is 0. The van der Waals surface area contributed by atoms with Crippen LogP contribution in [0.5, 0.6) is 0 Å². The Kier molecular flexibility index (Phi) is 15.6. The summed E-state index contributed by atoms with van der Waals surface area (Å²) in [6.07, 6.45) is 4.67. The van der Waals surface area contributed by atoms with Gasteiger partial charge in [-0.1, -0.05) is 33.1 Å². The van der Waals surface area contributed by atoms with Crippen LogP contribution in [-0.4, -0.2) is 63.5 Å². The van der Waals surface area contributed by atoms with E-state index in [0.29, 0.717) is 18.4 Å². The Morgan fingerprint density at radius 1 is 1.15 bits per heavy atom. The van der Waals surface area contributed by atoms with Crippen molar-refractivity contribution in [2.45, 2.75) is 53.4 Å². The lowest BCUT2D eigenvalue weighted by Gasteiger charge is -2.25. The molecule has 0 aromatic rings. The highest BCUT2D eigenvalue weighted by atomic mass is 127. The van der Waals surface area contributed by atoms with Crippen molar-refractivity contribution < 1.29 is 9.59 Å². The Morgan fingerprint density at radius 2 is 1.78 bits per heavy atom. The second-order valence-electron chi connectivity index (χ2n) is 7.57. The fourth-order valence-electron chi connectivity index (χ4n) is 2.37. The number of guanidine groups is 1. The molecule has 3 N–H and O–H groups in total. The number of hydrogen-bond donors (Lipinski definition) is 3. The Morgan fingerprint density at radius 3 is 2.26 bits per heavy atom. The fraction of sp³-hybridized carbons (Fsp3) is 0.842. The van der Waals surface area contributed by atoms with Crippen molar-refractivity contribution in [3.8, 4) is 0 Å². The molecule has 0 saturated heterocycles. The molecule has 0 saturated carbocycles. The Hall–Kier alpha value is -1.06. The van der Waals surface area contributed by atoms with Gasteiger partial charge in [-0.2, -0.15) is 0 Å². The Balaban J connectivity index is 0. The van der Waals surface area contributed by atoms with E-state index in [0.717, 1.165) is 13.0 Å². The average molecular weight is 497 g/mol. The van der Waals surface area contributed by atoms with Crippen molar-refractivity contribution >= 4 is 41.8 Å². The van der Waals surface area contributed by atoms with Crippen LogP contribution in [0.4, 0.5) is 0 Å². The summed E-state index contributed by atoms with van der Waals surface area (Å²) in [4.78, 5) is 29.7. The highest BCUT2D eigenvalue weighted by Gasteiger charge is 2.26. The number of nitrogens with zero attached hydrogens (tertiary/aromatic N) is 2. The number of rotatable bonds is 11. The molecular weight excluding hydrogens is 457 g/mol. The third-order valence-corrected chi connectivity index (χ3v) is 4.51. The highest BCUT2D eigenvalue weighted by molar-refractivity contribution is 14.0. The van der Waals surface area contributed by atoms with Gasteiger partial charge in [0.15, 0.2) is 5.96 Å². The third-order valence-electron chi connectivity index (χ3n) is 4.51. The SMILES string of the molecule is CCCCC(CC)CNC(=NCC(=O)N(C)C)NCC(C)(C)C(=O)NC.I. The van der Waals surface area contributed by atoms with E-state index in [2.05, 4.69) is 34.8 Å². The van der Waals surface area contributed by atoms with Gasteiger partial charge in [0, 0.05) is 34.2 Å². The van der Waals surface area contributed by atoms with Crippen molar-refractivity contribution in [2.75, 3.05) is 40.8 Å². The summed E-state index contributed by atoms with van der Waals surface area (Å²) in [7, 11) is 5.06. The first kappa shape index (κ1) is 28.2. The van der Waals surface area contributed by atoms with E-state index >= 15 is 0 Å². The zero-order valence-electron chi connectivity index (χ0n) is 18.1. The number of likely N-dealkylation sites (N-methyl/N-ethyl adjacent to an activating group) is 1. The number of amides is 2. The van der Waals surface area contributed by atoms with Gasteiger partial charge in [0.25, 0.3) is 0 Å². The molecule has 27 heavy (non-hydrogen) atoms. The van der Waals surface area contributed by atoms with Crippen LogP contribution in [0.15, 0.2) is 4.99 Å². The molecule has 1 unspecified atom stereocenters. The second kappa shape index (κ2) is 14.9. The van der Waals surface area contributed by atoms with Gasteiger partial charge < -0.3 is 20.9 Å². The van der Waals surface area contributed by atoms with E-state index in [1.165, 1.54) is 24.2 Å². The van der Waals surface area contributed by atoms with Gasteiger partial charge in [-0.25, -0.2) is 4.99 Å². The molecular formula is C19H40IN5O2. The molecule has 0 fully saturated rings. The van der Waals surface area contributed by atoms with Gasteiger partial charge in [0.1, 0.15) is 6.54 Å². The molecule has 8 heteroatoms. The molecule has 0 spiro atoms. The number of carbonyl (C=O) groups is 2. The molecule has 0 aromatic heterocycles. The molecule has 7 nitrogen and oxygen atoms in total. The summed E-state index contributed by atoms with van der Waals surface area (Å²) in [5, 5.41) is 9.23. The van der Waals surface area contributed by atoms with Gasteiger partial charge >= 0.3 is 0 Å². The summed E-state index contributed by atoms with van der Waals surface area (Å²) < 4.78 is 0. The molecule has 1 atom stereocenters. The second-order valence-corrected chi connectivity index (χ2v) is 7.57. The third kappa shape index (κ3) is 12.1. The maximum Gasteiger partial charge on any atom is 0.243 e. The van der Waals surface area contributed by atoms with Crippen LogP contribution < -0.4 is 16.0 Å². The van der Waals surface area contributed by atoms with E-state index < -0.39 is 5.41 Å². The first-order valence-corrected chi connectivity index (χ1v) is 9.62. The number of carbonyl (C=O) groups excluding carboxylic acids is 2. The van der Waals surface area contributed by atoms with Crippen LogP contribution in [0.1, 0.15) is 53.4 Å². The summed E-state index contributed by atoms with van der Waals surface area (Å²) in [5.74, 6) is 1.04. The van der Waals surface area contributed by atoms with E-state index in [1.807, 2.05) is 13.8 Å². The predicted octanol–water partition coefficient (Wildman–Crippen LogP) is 2.22. The molecule has 0 bridgehead atoms. The minimum atomic E-state index is -0.574. The number of hydrogen-bond acceptors (Lipinski definition) is 3. The Bertz CT molecular complexity index is 467. The number of unbranched alkanes of at least 4 members (excludes halogenated alkanes) is 1. The number of halogens is 1.